The number of carbonyl (C=O) groups excluding carboxylic acids is 2. The van der Waals surface area contributed by atoms with E-state index in [0.717, 1.165) is 13.0 Å². The van der Waals surface area contributed by atoms with E-state index < -0.39 is 6.04 Å². The number of benzene rings is 2. The zero-order valence-electron chi connectivity index (χ0n) is 17.1. The molecule has 1 unspecified atom stereocenters. The van der Waals surface area contributed by atoms with Gasteiger partial charge < -0.3 is 15.0 Å². The molecule has 1 heterocycles. The molecule has 0 saturated carbocycles. The van der Waals surface area contributed by atoms with Crippen LogP contribution in [0.5, 0.6) is 5.75 Å². The van der Waals surface area contributed by atoms with Gasteiger partial charge in [-0.3, -0.25) is 14.5 Å². The van der Waals surface area contributed by atoms with Crippen molar-refractivity contribution in [3.8, 4) is 11.8 Å². The van der Waals surface area contributed by atoms with Crippen LogP contribution in [0.2, 0.25) is 0 Å². The van der Waals surface area contributed by atoms with Crippen molar-refractivity contribution in [3.63, 3.8) is 0 Å². The first kappa shape index (κ1) is 21.3. The quantitative estimate of drug-likeness (QED) is 0.710. The van der Waals surface area contributed by atoms with Crippen molar-refractivity contribution in [1.82, 2.24) is 15.1 Å². The molecule has 30 heavy (non-hydrogen) atoms. The summed E-state index contributed by atoms with van der Waals surface area (Å²) in [5, 5.41) is 11.6. The van der Waals surface area contributed by atoms with Crippen LogP contribution in [-0.4, -0.2) is 67.5 Å². The van der Waals surface area contributed by atoms with Crippen LogP contribution in [0.1, 0.15) is 22.3 Å². The summed E-state index contributed by atoms with van der Waals surface area (Å²) in [5.41, 5.74) is 1.16. The van der Waals surface area contributed by atoms with Gasteiger partial charge in [0.1, 0.15) is 11.8 Å². The summed E-state index contributed by atoms with van der Waals surface area (Å²) in [6, 6.07) is 17.7. The lowest BCUT2D eigenvalue weighted by atomic mass is 10.1. The van der Waals surface area contributed by atoms with Gasteiger partial charge in [-0.2, -0.15) is 5.26 Å². The second kappa shape index (κ2) is 10.4. The average Bonchev–Trinajstić information content (AvgIpc) is 2.81. The van der Waals surface area contributed by atoms with E-state index in [-0.39, 0.29) is 11.8 Å². The zero-order valence-corrected chi connectivity index (χ0v) is 17.1. The molecule has 0 bridgehead atoms. The van der Waals surface area contributed by atoms with E-state index in [0.29, 0.717) is 43.1 Å². The fourth-order valence-corrected chi connectivity index (χ4v) is 3.56. The van der Waals surface area contributed by atoms with Crippen molar-refractivity contribution >= 4 is 11.8 Å². The summed E-state index contributed by atoms with van der Waals surface area (Å²) in [7, 11) is 1.59. The number of likely N-dealkylation sites (N-methyl/N-ethyl adjacent to an activating group) is 1. The maximum Gasteiger partial charge on any atom is 0.254 e. The molecule has 1 aliphatic heterocycles. The Balaban J connectivity index is 1.54. The van der Waals surface area contributed by atoms with Crippen molar-refractivity contribution in [2.45, 2.75) is 12.5 Å². The standard InChI is InChI=1S/C23H26N4O3/c1-25-22(28)21-17-26(11-6-14-30-20-10-5-7-18(15-20)16-24)12-13-27(21)23(29)19-8-3-2-4-9-19/h2-5,7-10,15,21H,6,11-14,17H2,1H3,(H,25,28). The van der Waals surface area contributed by atoms with Crippen molar-refractivity contribution in [3.05, 3.63) is 65.7 Å². The number of ether oxygens (including phenoxy) is 1. The number of hydrogen-bond donors (Lipinski definition) is 1. The number of nitrogens with zero attached hydrogens (tertiary/aromatic N) is 3. The van der Waals surface area contributed by atoms with E-state index in [1.54, 1.807) is 42.3 Å². The van der Waals surface area contributed by atoms with Crippen molar-refractivity contribution in [2.75, 3.05) is 39.8 Å². The van der Waals surface area contributed by atoms with Crippen LogP contribution in [-0.2, 0) is 4.79 Å². The second-order valence-electron chi connectivity index (χ2n) is 7.14. The molecule has 2 aromatic rings. The maximum absolute atomic E-state index is 12.9. The first-order valence-electron chi connectivity index (χ1n) is 10.1. The van der Waals surface area contributed by atoms with Gasteiger partial charge in [0.25, 0.3) is 5.91 Å². The molecule has 1 fully saturated rings. The Bertz CT molecular complexity index is 910. The van der Waals surface area contributed by atoms with E-state index in [4.69, 9.17) is 10.00 Å². The lowest BCUT2D eigenvalue weighted by Gasteiger charge is -2.40. The van der Waals surface area contributed by atoms with Crippen molar-refractivity contribution in [2.24, 2.45) is 0 Å². The Morgan fingerprint density at radius 3 is 2.70 bits per heavy atom. The van der Waals surface area contributed by atoms with E-state index in [1.807, 2.05) is 24.3 Å². The van der Waals surface area contributed by atoms with Crippen LogP contribution in [0, 0.1) is 11.3 Å². The Morgan fingerprint density at radius 1 is 1.17 bits per heavy atom. The molecule has 7 heteroatoms. The van der Waals surface area contributed by atoms with Crippen molar-refractivity contribution < 1.29 is 14.3 Å². The molecule has 2 amide bonds. The number of amides is 2. The number of hydrogen-bond acceptors (Lipinski definition) is 5. The summed E-state index contributed by atoms with van der Waals surface area (Å²) in [4.78, 5) is 29.2. The van der Waals surface area contributed by atoms with E-state index >= 15 is 0 Å². The number of piperazine rings is 1. The van der Waals surface area contributed by atoms with Gasteiger partial charge in [-0.1, -0.05) is 24.3 Å². The van der Waals surface area contributed by atoms with Crippen LogP contribution >= 0.6 is 0 Å². The SMILES string of the molecule is CNC(=O)C1CN(CCCOc2cccc(C#N)c2)CCN1C(=O)c1ccccc1. The van der Waals surface area contributed by atoms with E-state index in [9.17, 15) is 9.59 Å². The average molecular weight is 406 g/mol. The summed E-state index contributed by atoms with van der Waals surface area (Å²) < 4.78 is 5.73. The summed E-state index contributed by atoms with van der Waals surface area (Å²) in [5.74, 6) is 0.397. The largest absolute Gasteiger partial charge is 0.494 e. The molecule has 1 aliphatic rings. The number of nitriles is 1. The predicted octanol–water partition coefficient (Wildman–Crippen LogP) is 1.90. The maximum atomic E-state index is 12.9. The van der Waals surface area contributed by atoms with Gasteiger partial charge in [-0.15, -0.1) is 0 Å². The molecule has 1 N–H and O–H groups in total. The van der Waals surface area contributed by atoms with Gasteiger partial charge in [-0.05, 0) is 36.8 Å². The Hall–Kier alpha value is -3.37. The number of nitrogens with one attached hydrogen (secondary N) is 1. The van der Waals surface area contributed by atoms with Crippen LogP contribution < -0.4 is 10.1 Å². The normalized spacial score (nSPS) is 16.5. The Morgan fingerprint density at radius 2 is 1.97 bits per heavy atom. The summed E-state index contributed by atoms with van der Waals surface area (Å²) in [6.45, 7) is 2.97. The topological polar surface area (TPSA) is 85.7 Å². The van der Waals surface area contributed by atoms with Crippen LogP contribution in [0.25, 0.3) is 0 Å². The summed E-state index contributed by atoms with van der Waals surface area (Å²) in [6.07, 6.45) is 0.782. The molecule has 0 aliphatic carbocycles. The Kier molecular flexibility index (Phi) is 7.41. The van der Waals surface area contributed by atoms with E-state index in [1.165, 1.54) is 0 Å². The highest BCUT2D eigenvalue weighted by molar-refractivity contribution is 5.97. The minimum atomic E-state index is -0.523. The summed E-state index contributed by atoms with van der Waals surface area (Å²) >= 11 is 0. The smallest absolute Gasteiger partial charge is 0.254 e. The molecule has 0 spiro atoms. The molecular formula is C23H26N4O3. The van der Waals surface area contributed by atoms with Gasteiger partial charge in [0.15, 0.2) is 0 Å². The predicted molar refractivity (Wildman–Crippen MR) is 113 cm³/mol. The molecule has 3 rings (SSSR count). The third-order valence-corrected chi connectivity index (χ3v) is 5.15. The monoisotopic (exact) mass is 406 g/mol. The highest BCUT2D eigenvalue weighted by Gasteiger charge is 2.35. The van der Waals surface area contributed by atoms with Gasteiger partial charge in [0.2, 0.25) is 5.91 Å². The second-order valence-corrected chi connectivity index (χ2v) is 7.14. The fraction of sp³-hybridized carbons (Fsp3) is 0.348. The molecule has 156 valence electrons. The molecule has 1 atom stereocenters. The first-order valence-corrected chi connectivity index (χ1v) is 10.1. The van der Waals surface area contributed by atoms with E-state index in [2.05, 4.69) is 16.3 Å². The molecular weight excluding hydrogens is 380 g/mol. The first-order chi connectivity index (χ1) is 14.6. The third-order valence-electron chi connectivity index (χ3n) is 5.15. The highest BCUT2D eigenvalue weighted by atomic mass is 16.5. The highest BCUT2D eigenvalue weighted by Crippen LogP contribution is 2.16. The van der Waals surface area contributed by atoms with Gasteiger partial charge >= 0.3 is 0 Å². The van der Waals surface area contributed by atoms with Crippen LogP contribution in [0.4, 0.5) is 0 Å². The molecule has 0 aromatic heterocycles. The minimum Gasteiger partial charge on any atom is -0.494 e. The number of rotatable bonds is 7. The fourth-order valence-electron chi connectivity index (χ4n) is 3.56. The third kappa shape index (κ3) is 5.37. The lowest BCUT2D eigenvalue weighted by Crippen LogP contribution is -2.60. The minimum absolute atomic E-state index is 0.121. The van der Waals surface area contributed by atoms with Crippen molar-refractivity contribution in [1.29, 1.82) is 5.26 Å². The van der Waals surface area contributed by atoms with Gasteiger partial charge in [-0.25, -0.2) is 0 Å². The molecule has 1 saturated heterocycles. The molecule has 0 radical (unpaired) electrons. The molecule has 2 aromatic carbocycles. The Labute approximate surface area is 176 Å². The van der Waals surface area contributed by atoms with Crippen LogP contribution in [0.15, 0.2) is 54.6 Å². The zero-order chi connectivity index (χ0) is 21.3. The van der Waals surface area contributed by atoms with Gasteiger partial charge in [0, 0.05) is 38.8 Å². The molecule has 7 nitrogen and oxygen atoms in total. The number of carbonyl (C=O) groups is 2. The van der Waals surface area contributed by atoms with Gasteiger partial charge in [0.05, 0.1) is 18.2 Å². The lowest BCUT2D eigenvalue weighted by molar-refractivity contribution is -0.127. The van der Waals surface area contributed by atoms with Crippen LogP contribution in [0.3, 0.4) is 0 Å².